The molecule has 1 aromatic carbocycles. The van der Waals surface area contributed by atoms with Crippen molar-refractivity contribution in [2.45, 2.75) is 45.8 Å². The van der Waals surface area contributed by atoms with Crippen molar-refractivity contribution in [2.24, 2.45) is 0 Å². The highest BCUT2D eigenvalue weighted by Crippen LogP contribution is 2.16. The van der Waals surface area contributed by atoms with Crippen LogP contribution in [0.1, 0.15) is 44.5 Å². The molecule has 0 aliphatic rings. The minimum absolute atomic E-state index is 0.0537. The number of carbonyl (C=O) groups excluding carboxylic acids is 1. The van der Waals surface area contributed by atoms with Gasteiger partial charge < -0.3 is 10.1 Å². The van der Waals surface area contributed by atoms with Gasteiger partial charge in [0.15, 0.2) is 0 Å². The Morgan fingerprint density at radius 3 is 2.37 bits per heavy atom. The molecule has 1 N–H and O–H groups in total. The molecule has 0 atom stereocenters. The van der Waals surface area contributed by atoms with E-state index in [1.54, 1.807) is 12.1 Å². The summed E-state index contributed by atoms with van der Waals surface area (Å²) >= 11 is 3.40. The van der Waals surface area contributed by atoms with Gasteiger partial charge in [0.2, 0.25) is 0 Å². The zero-order valence-electron chi connectivity index (χ0n) is 12.0. The van der Waals surface area contributed by atoms with E-state index < -0.39 is 0 Å². The quantitative estimate of drug-likeness (QED) is 0.808. The topological polar surface area (TPSA) is 38.3 Å². The van der Waals surface area contributed by atoms with E-state index in [2.05, 4.69) is 21.2 Å². The van der Waals surface area contributed by atoms with Crippen molar-refractivity contribution in [3.63, 3.8) is 0 Å². The molecule has 1 amide bonds. The number of nitrogens with one attached hydrogen (secondary N) is 1. The van der Waals surface area contributed by atoms with Gasteiger partial charge in [0, 0.05) is 16.4 Å². The Hall–Kier alpha value is -1.03. The van der Waals surface area contributed by atoms with Crippen molar-refractivity contribution in [3.8, 4) is 5.75 Å². The van der Waals surface area contributed by atoms with Gasteiger partial charge in [-0.05, 0) is 58.4 Å². The second-order valence-electron chi connectivity index (χ2n) is 5.47. The van der Waals surface area contributed by atoms with E-state index in [9.17, 15) is 4.79 Å². The van der Waals surface area contributed by atoms with Crippen molar-refractivity contribution < 1.29 is 9.53 Å². The van der Waals surface area contributed by atoms with Gasteiger partial charge in [-0.3, -0.25) is 4.79 Å². The molecule has 1 rings (SSSR count). The van der Waals surface area contributed by atoms with Crippen molar-refractivity contribution in [3.05, 3.63) is 29.8 Å². The maximum atomic E-state index is 12.1. The maximum absolute atomic E-state index is 12.1. The van der Waals surface area contributed by atoms with Gasteiger partial charge in [0.25, 0.3) is 5.91 Å². The van der Waals surface area contributed by atoms with Crippen molar-refractivity contribution >= 4 is 21.8 Å². The van der Waals surface area contributed by atoms with E-state index in [4.69, 9.17) is 4.74 Å². The molecule has 0 radical (unpaired) electrons. The van der Waals surface area contributed by atoms with E-state index >= 15 is 0 Å². The van der Waals surface area contributed by atoms with Crippen LogP contribution in [-0.2, 0) is 0 Å². The predicted octanol–water partition coefficient (Wildman–Crippen LogP) is 3.77. The molecule has 0 unspecified atom stereocenters. The van der Waals surface area contributed by atoms with Crippen molar-refractivity contribution in [2.75, 3.05) is 5.33 Å². The molecule has 3 nitrogen and oxygen atoms in total. The molecule has 19 heavy (non-hydrogen) atoms. The van der Waals surface area contributed by atoms with Crippen LogP contribution in [0.5, 0.6) is 5.75 Å². The lowest BCUT2D eigenvalue weighted by molar-refractivity contribution is 0.0912. The van der Waals surface area contributed by atoms with E-state index in [1.165, 1.54) is 0 Å². The summed E-state index contributed by atoms with van der Waals surface area (Å²) in [6.07, 6.45) is 1.02. The average Bonchev–Trinajstić information content (AvgIpc) is 2.28. The number of amides is 1. The Balaban J connectivity index is 2.68. The summed E-state index contributed by atoms with van der Waals surface area (Å²) in [4.78, 5) is 12.1. The number of rotatable bonds is 6. The number of benzene rings is 1. The number of alkyl halides is 1. The van der Waals surface area contributed by atoms with Crippen LogP contribution in [0.15, 0.2) is 24.3 Å². The Labute approximate surface area is 123 Å². The summed E-state index contributed by atoms with van der Waals surface area (Å²) in [6, 6.07) is 7.23. The molecular formula is C15H22BrNO2. The minimum atomic E-state index is -0.215. The van der Waals surface area contributed by atoms with Gasteiger partial charge in [-0.1, -0.05) is 15.9 Å². The third-order valence-corrected chi connectivity index (χ3v) is 3.06. The van der Waals surface area contributed by atoms with Crippen molar-refractivity contribution in [1.82, 2.24) is 5.32 Å². The number of hydrogen-bond donors (Lipinski definition) is 1. The zero-order valence-corrected chi connectivity index (χ0v) is 13.6. The first-order chi connectivity index (χ1) is 8.84. The number of hydrogen-bond acceptors (Lipinski definition) is 2. The van der Waals surface area contributed by atoms with Crippen LogP contribution >= 0.6 is 15.9 Å². The number of carbonyl (C=O) groups is 1. The van der Waals surface area contributed by atoms with Crippen molar-refractivity contribution in [1.29, 1.82) is 0 Å². The van der Waals surface area contributed by atoms with Gasteiger partial charge in [0.05, 0.1) is 6.10 Å². The largest absolute Gasteiger partial charge is 0.491 e. The van der Waals surface area contributed by atoms with E-state index in [-0.39, 0.29) is 17.6 Å². The van der Waals surface area contributed by atoms with Gasteiger partial charge in [-0.25, -0.2) is 0 Å². The zero-order chi connectivity index (χ0) is 14.5. The molecule has 106 valence electrons. The monoisotopic (exact) mass is 327 g/mol. The summed E-state index contributed by atoms with van der Waals surface area (Å²) in [5.41, 5.74) is 0.437. The second kappa shape index (κ2) is 6.94. The standard InChI is InChI=1S/C15H22BrNO2/c1-11(2)19-13-7-5-12(6-8-13)14(18)17-15(3,4)9-10-16/h5-8,11H,9-10H2,1-4H3,(H,17,18). The molecule has 0 aromatic heterocycles. The third-order valence-electron chi connectivity index (χ3n) is 2.66. The lowest BCUT2D eigenvalue weighted by Crippen LogP contribution is -2.43. The third kappa shape index (κ3) is 5.64. The smallest absolute Gasteiger partial charge is 0.251 e. The first-order valence-electron chi connectivity index (χ1n) is 6.49. The Morgan fingerprint density at radius 1 is 1.32 bits per heavy atom. The minimum Gasteiger partial charge on any atom is -0.491 e. The van der Waals surface area contributed by atoms with Crippen LogP contribution < -0.4 is 10.1 Å². The molecule has 0 heterocycles. The van der Waals surface area contributed by atoms with Gasteiger partial charge in [-0.15, -0.1) is 0 Å². The molecule has 1 aromatic rings. The predicted molar refractivity (Wildman–Crippen MR) is 82.2 cm³/mol. The van der Waals surface area contributed by atoms with Crippen LogP contribution in [0.4, 0.5) is 0 Å². The van der Waals surface area contributed by atoms with Gasteiger partial charge in [0.1, 0.15) is 5.75 Å². The first kappa shape index (κ1) is 16.0. The molecule has 0 bridgehead atoms. The lowest BCUT2D eigenvalue weighted by Gasteiger charge is -2.25. The number of halogens is 1. The summed E-state index contributed by atoms with van der Waals surface area (Å²) < 4.78 is 5.55. The first-order valence-corrected chi connectivity index (χ1v) is 7.61. The van der Waals surface area contributed by atoms with E-state index in [0.29, 0.717) is 5.56 Å². The highest BCUT2D eigenvalue weighted by molar-refractivity contribution is 9.09. The maximum Gasteiger partial charge on any atom is 0.251 e. The molecule has 4 heteroatoms. The summed E-state index contributed by atoms with van der Waals surface area (Å²) in [5, 5.41) is 3.89. The fourth-order valence-corrected chi connectivity index (χ4v) is 2.63. The van der Waals surface area contributed by atoms with E-state index in [0.717, 1.165) is 17.5 Å². The van der Waals surface area contributed by atoms with Crippen LogP contribution in [-0.4, -0.2) is 22.9 Å². The highest BCUT2D eigenvalue weighted by atomic mass is 79.9. The fraction of sp³-hybridized carbons (Fsp3) is 0.533. The van der Waals surface area contributed by atoms with Crippen LogP contribution in [0.25, 0.3) is 0 Å². The Kier molecular flexibility index (Phi) is 5.85. The Morgan fingerprint density at radius 2 is 1.89 bits per heavy atom. The van der Waals surface area contributed by atoms with Gasteiger partial charge in [-0.2, -0.15) is 0 Å². The van der Waals surface area contributed by atoms with Crippen LogP contribution in [0.3, 0.4) is 0 Å². The summed E-state index contributed by atoms with van der Waals surface area (Å²) in [7, 11) is 0. The molecule has 0 spiro atoms. The average molecular weight is 328 g/mol. The summed E-state index contributed by atoms with van der Waals surface area (Å²) in [5.74, 6) is 0.730. The lowest BCUT2D eigenvalue weighted by atomic mass is 10.0. The molecule has 0 saturated carbocycles. The second-order valence-corrected chi connectivity index (χ2v) is 6.26. The van der Waals surface area contributed by atoms with Crippen LogP contribution in [0.2, 0.25) is 0 Å². The highest BCUT2D eigenvalue weighted by Gasteiger charge is 2.20. The SMILES string of the molecule is CC(C)Oc1ccc(C(=O)NC(C)(C)CCBr)cc1. The molecule has 0 aliphatic carbocycles. The molecule has 0 saturated heterocycles. The normalized spacial score (nSPS) is 11.5. The Bertz CT molecular complexity index is 413. The van der Waals surface area contributed by atoms with Crippen LogP contribution in [0, 0.1) is 0 Å². The van der Waals surface area contributed by atoms with Gasteiger partial charge >= 0.3 is 0 Å². The molecule has 0 fully saturated rings. The molecule has 0 aliphatic heterocycles. The number of ether oxygens (including phenoxy) is 1. The fourth-order valence-electron chi connectivity index (χ4n) is 1.64. The van der Waals surface area contributed by atoms with E-state index in [1.807, 2.05) is 39.8 Å². The molecular weight excluding hydrogens is 306 g/mol. The summed E-state index contributed by atoms with van der Waals surface area (Å²) in [6.45, 7) is 7.98.